The Bertz CT molecular complexity index is 702. The van der Waals surface area contributed by atoms with Crippen LogP contribution in [0.2, 0.25) is 0 Å². The Balaban J connectivity index is 2.28. The topological polar surface area (TPSA) is 105 Å². The molecule has 124 valence electrons. The second-order valence-corrected chi connectivity index (χ2v) is 11.0. The third kappa shape index (κ3) is 3.43. The van der Waals surface area contributed by atoms with E-state index in [1.165, 1.54) is 19.2 Å². The van der Waals surface area contributed by atoms with Gasteiger partial charge >= 0.3 is 5.69 Å². The van der Waals surface area contributed by atoms with Crippen molar-refractivity contribution in [3.63, 3.8) is 0 Å². The molecule has 2 heterocycles. The summed E-state index contributed by atoms with van der Waals surface area (Å²) < 4.78 is 6.81. The molecule has 2 rings (SSSR count). The molecule has 3 N–H and O–H groups in total. The van der Waals surface area contributed by atoms with Crippen molar-refractivity contribution < 1.29 is 14.9 Å². The molecular weight excluding hydrogens is 307 g/mol. The van der Waals surface area contributed by atoms with Crippen LogP contribution >= 0.6 is 6.89 Å². The highest BCUT2D eigenvalue weighted by atomic mass is 31.2. The van der Waals surface area contributed by atoms with Crippen LogP contribution in [0.25, 0.3) is 0 Å². The first kappa shape index (κ1) is 17.2. The summed E-state index contributed by atoms with van der Waals surface area (Å²) in [5.74, 6) is 0. The zero-order valence-electron chi connectivity index (χ0n) is 13.0. The minimum Gasteiger partial charge on any atom is -0.387 e. The van der Waals surface area contributed by atoms with Gasteiger partial charge in [0, 0.05) is 12.3 Å². The second kappa shape index (κ2) is 5.81. The number of nitrogens with one attached hydrogen (secondary N) is 1. The van der Waals surface area contributed by atoms with Crippen LogP contribution in [0.5, 0.6) is 0 Å². The molecule has 7 nitrogen and oxygen atoms in total. The molecule has 1 aromatic heterocycles. The monoisotopic (exact) mass is 330 g/mol. The highest BCUT2D eigenvalue weighted by Crippen LogP contribution is 2.42. The fourth-order valence-corrected chi connectivity index (χ4v) is 3.52. The van der Waals surface area contributed by atoms with Crippen LogP contribution < -0.4 is 11.2 Å². The van der Waals surface area contributed by atoms with Gasteiger partial charge in [0.2, 0.25) is 0 Å². The number of hydrogen-bond donors (Lipinski definition) is 3. The lowest BCUT2D eigenvalue weighted by Crippen LogP contribution is -2.46. The van der Waals surface area contributed by atoms with Gasteiger partial charge in [-0.05, 0) is 32.8 Å². The van der Waals surface area contributed by atoms with Crippen molar-refractivity contribution in [2.75, 3.05) is 19.5 Å². The number of ether oxygens (including phenoxy) is 1. The number of aliphatic hydroxyl groups excluding tert-OH is 1. The molecule has 0 spiro atoms. The predicted molar refractivity (Wildman–Crippen MR) is 87.2 cm³/mol. The summed E-state index contributed by atoms with van der Waals surface area (Å²) >= 11 is 0. The van der Waals surface area contributed by atoms with Crippen molar-refractivity contribution >= 4 is 13.2 Å². The molecule has 1 aliphatic heterocycles. The largest absolute Gasteiger partial charge is 0.387 e. The Morgan fingerprint density at radius 1 is 1.50 bits per heavy atom. The first-order chi connectivity index (χ1) is 10.0. The van der Waals surface area contributed by atoms with E-state index in [4.69, 9.17) is 4.74 Å². The van der Waals surface area contributed by atoms with Crippen LogP contribution in [0.4, 0.5) is 0 Å². The normalized spacial score (nSPS) is 32.3. The molecule has 0 bridgehead atoms. The Labute approximate surface area is 128 Å². The Kier molecular flexibility index (Phi) is 4.55. The molecule has 1 saturated heterocycles. The molecule has 22 heavy (non-hydrogen) atoms. The quantitative estimate of drug-likeness (QED) is 0.654. The van der Waals surface area contributed by atoms with Crippen LogP contribution in [0.15, 0.2) is 21.9 Å². The molecule has 1 aromatic rings. The van der Waals surface area contributed by atoms with Gasteiger partial charge in [0.1, 0.15) is 11.7 Å². The molecule has 1 fully saturated rings. The summed E-state index contributed by atoms with van der Waals surface area (Å²) in [4.78, 5) is 25.1. The van der Waals surface area contributed by atoms with Gasteiger partial charge in [0.25, 0.3) is 5.56 Å². The lowest BCUT2D eigenvalue weighted by atomic mass is 9.95. The highest BCUT2D eigenvalue weighted by molar-refractivity contribution is 7.72. The minimum absolute atomic E-state index is 0.528. The standard InChI is InChI=1S/C14H23N2O5P/c1-14(20)11(18)9(6-8-22(2,3)4)21-12(14)16-7-5-10(17)15-13(16)19/h5,7,9,11-12,18,20H,2,6,8H2,1,3-4H3,(H,15,17,19)/t9-,11-,12?,14+/m1/s1. The number of aliphatic hydroxyl groups is 2. The van der Waals surface area contributed by atoms with Gasteiger partial charge in [-0.25, -0.2) is 4.79 Å². The van der Waals surface area contributed by atoms with E-state index in [0.717, 1.165) is 10.7 Å². The Morgan fingerprint density at radius 2 is 2.14 bits per heavy atom. The number of aromatic amines is 1. The molecule has 0 saturated carbocycles. The van der Waals surface area contributed by atoms with E-state index in [0.29, 0.717) is 6.42 Å². The Morgan fingerprint density at radius 3 is 2.68 bits per heavy atom. The minimum atomic E-state index is -1.63. The van der Waals surface area contributed by atoms with Gasteiger partial charge in [-0.3, -0.25) is 14.3 Å². The van der Waals surface area contributed by atoms with Crippen molar-refractivity contribution in [2.24, 2.45) is 0 Å². The van der Waals surface area contributed by atoms with Gasteiger partial charge in [-0.1, -0.05) is 0 Å². The van der Waals surface area contributed by atoms with E-state index in [9.17, 15) is 19.8 Å². The third-order valence-corrected chi connectivity index (χ3v) is 5.35. The van der Waals surface area contributed by atoms with Crippen molar-refractivity contribution in [2.45, 2.75) is 37.4 Å². The molecule has 4 atom stereocenters. The zero-order valence-corrected chi connectivity index (χ0v) is 13.9. The van der Waals surface area contributed by atoms with Crippen LogP contribution in [0.3, 0.4) is 0 Å². The first-order valence-corrected chi connectivity index (χ1v) is 10.1. The van der Waals surface area contributed by atoms with Gasteiger partial charge in [0.05, 0.1) is 6.10 Å². The summed E-state index contributed by atoms with van der Waals surface area (Å²) in [5.41, 5.74) is -2.84. The number of nitrogens with zero attached hydrogens (tertiary/aromatic N) is 1. The fourth-order valence-electron chi connectivity index (χ4n) is 2.56. The van der Waals surface area contributed by atoms with Crippen molar-refractivity contribution in [1.29, 1.82) is 0 Å². The number of aromatic nitrogens is 2. The van der Waals surface area contributed by atoms with Gasteiger partial charge < -0.3 is 14.9 Å². The SMILES string of the molecule is C=P(C)(C)CC[C@H]1OC(n2ccc(=O)[nH]c2=O)[C@@](C)(O)[C@@H]1O. The van der Waals surface area contributed by atoms with Crippen LogP contribution in [0.1, 0.15) is 19.6 Å². The van der Waals surface area contributed by atoms with Crippen molar-refractivity contribution in [3.8, 4) is 0 Å². The number of H-pyrrole nitrogens is 1. The molecule has 8 heteroatoms. The first-order valence-electron chi connectivity index (χ1n) is 7.07. The summed E-state index contributed by atoms with van der Waals surface area (Å²) in [6, 6.07) is 1.17. The van der Waals surface area contributed by atoms with Crippen LogP contribution in [-0.4, -0.2) is 63.4 Å². The van der Waals surface area contributed by atoms with Crippen molar-refractivity contribution in [1.82, 2.24) is 9.55 Å². The molecule has 1 aliphatic rings. The van der Waals surface area contributed by atoms with Gasteiger partial charge in [0.15, 0.2) is 6.23 Å². The maximum atomic E-state index is 11.9. The molecule has 0 radical (unpaired) electrons. The van der Waals surface area contributed by atoms with Crippen LogP contribution in [0, 0.1) is 0 Å². The summed E-state index contributed by atoms with van der Waals surface area (Å²) in [5, 5.41) is 20.9. The van der Waals surface area contributed by atoms with Crippen LogP contribution in [-0.2, 0) is 4.74 Å². The second-order valence-electron chi connectivity index (χ2n) is 6.66. The van der Waals surface area contributed by atoms with Gasteiger partial charge in [-0.2, -0.15) is 0 Å². The third-order valence-electron chi connectivity index (χ3n) is 3.88. The average molecular weight is 330 g/mol. The number of hydrogen-bond acceptors (Lipinski definition) is 5. The van der Waals surface area contributed by atoms with E-state index in [2.05, 4.69) is 24.6 Å². The van der Waals surface area contributed by atoms with E-state index < -0.39 is 42.2 Å². The molecule has 1 unspecified atom stereocenters. The summed E-state index contributed by atoms with van der Waals surface area (Å²) in [6.07, 6.45) is 3.96. The smallest absolute Gasteiger partial charge is 0.330 e. The maximum Gasteiger partial charge on any atom is 0.330 e. The predicted octanol–water partition coefficient (Wildman–Crippen LogP) is -0.355. The summed E-state index contributed by atoms with van der Waals surface area (Å²) in [6.45, 7) is 4.30. The summed E-state index contributed by atoms with van der Waals surface area (Å²) in [7, 11) is 0. The molecule has 0 aliphatic carbocycles. The average Bonchev–Trinajstić information content (AvgIpc) is 2.59. The Hall–Kier alpha value is -1.14. The number of rotatable bonds is 4. The van der Waals surface area contributed by atoms with E-state index >= 15 is 0 Å². The highest BCUT2D eigenvalue weighted by Gasteiger charge is 2.53. The van der Waals surface area contributed by atoms with E-state index in [1.54, 1.807) is 0 Å². The zero-order chi connectivity index (χ0) is 16.7. The molecule has 0 amide bonds. The van der Waals surface area contributed by atoms with Crippen molar-refractivity contribution in [3.05, 3.63) is 33.1 Å². The van der Waals surface area contributed by atoms with E-state index in [1.807, 2.05) is 0 Å². The molecule has 0 aromatic carbocycles. The molecular formula is C14H23N2O5P. The maximum absolute atomic E-state index is 11.9. The van der Waals surface area contributed by atoms with E-state index in [-0.39, 0.29) is 0 Å². The fraction of sp³-hybridized carbons (Fsp3) is 0.643. The lowest BCUT2D eigenvalue weighted by molar-refractivity contribution is -0.0975. The van der Waals surface area contributed by atoms with Gasteiger partial charge in [-0.15, -0.1) is 13.2 Å². The lowest BCUT2D eigenvalue weighted by Gasteiger charge is -2.27.